The van der Waals surface area contributed by atoms with Gasteiger partial charge in [-0.3, -0.25) is 9.59 Å². The van der Waals surface area contributed by atoms with Crippen LogP contribution in [0.2, 0.25) is 0 Å². The molecule has 160 valence electrons. The third-order valence-corrected chi connectivity index (χ3v) is 5.92. The zero-order valence-corrected chi connectivity index (χ0v) is 18.0. The third-order valence-electron chi connectivity index (χ3n) is 4.44. The molecule has 2 aliphatic heterocycles. The summed E-state index contributed by atoms with van der Waals surface area (Å²) < 4.78 is 29.1. The molecule has 1 aromatic rings. The first-order chi connectivity index (χ1) is 14.1. The molecular formula is C19H22Cl2O7S. The molecule has 0 N–H and O–H groups in total. The highest BCUT2D eigenvalue weighted by molar-refractivity contribution is 7.99. The van der Waals surface area contributed by atoms with Crippen molar-refractivity contribution in [2.24, 2.45) is 0 Å². The first kappa shape index (κ1) is 22.7. The number of esters is 2. The molecule has 6 atom stereocenters. The van der Waals surface area contributed by atoms with E-state index >= 15 is 0 Å². The van der Waals surface area contributed by atoms with Gasteiger partial charge in [0.05, 0.1) is 6.61 Å². The fourth-order valence-corrected chi connectivity index (χ4v) is 4.33. The fraction of sp³-hybridized carbons (Fsp3) is 0.579. The predicted molar refractivity (Wildman–Crippen MR) is 108 cm³/mol. The van der Waals surface area contributed by atoms with Gasteiger partial charge >= 0.3 is 11.9 Å². The lowest BCUT2D eigenvalue weighted by Crippen LogP contribution is -2.63. The normalized spacial score (nSPS) is 31.6. The van der Waals surface area contributed by atoms with Gasteiger partial charge in [0.25, 0.3) is 0 Å². The number of halogens is 2. The summed E-state index contributed by atoms with van der Waals surface area (Å²) in [7, 11) is 0. The van der Waals surface area contributed by atoms with E-state index in [4.69, 9.17) is 46.9 Å². The predicted octanol–water partition coefficient (Wildman–Crippen LogP) is 2.88. The van der Waals surface area contributed by atoms with Crippen molar-refractivity contribution in [1.82, 2.24) is 0 Å². The molecule has 0 unspecified atom stereocenters. The topological polar surface area (TPSA) is 80.3 Å². The summed E-state index contributed by atoms with van der Waals surface area (Å²) in [6.45, 7) is 2.18. The van der Waals surface area contributed by atoms with Crippen molar-refractivity contribution in [3.63, 3.8) is 0 Å². The van der Waals surface area contributed by atoms with Gasteiger partial charge in [0.1, 0.15) is 29.4 Å². The van der Waals surface area contributed by atoms with Crippen molar-refractivity contribution in [2.75, 3.05) is 24.1 Å². The Labute approximate surface area is 183 Å². The van der Waals surface area contributed by atoms with E-state index in [0.29, 0.717) is 5.75 Å². The van der Waals surface area contributed by atoms with Crippen LogP contribution in [0.4, 0.5) is 0 Å². The van der Waals surface area contributed by atoms with Crippen molar-refractivity contribution in [1.29, 1.82) is 0 Å². The Morgan fingerprint density at radius 3 is 2.34 bits per heavy atom. The fourth-order valence-electron chi connectivity index (χ4n) is 3.25. The van der Waals surface area contributed by atoms with Crippen LogP contribution in [-0.2, 0) is 33.3 Å². The number of hydrogen-bond donors (Lipinski definition) is 0. The maximum Gasteiger partial charge on any atom is 0.321 e. The van der Waals surface area contributed by atoms with E-state index in [1.165, 1.54) is 11.8 Å². The number of ether oxygens (including phenoxy) is 5. The minimum absolute atomic E-state index is 0.232. The Morgan fingerprint density at radius 2 is 1.72 bits per heavy atom. The molecule has 10 heteroatoms. The number of rotatable bonds is 7. The van der Waals surface area contributed by atoms with Crippen LogP contribution in [-0.4, -0.2) is 65.9 Å². The zero-order valence-electron chi connectivity index (χ0n) is 15.7. The minimum Gasteiger partial charge on any atom is -0.454 e. The molecule has 7 nitrogen and oxygen atoms in total. The number of carbonyl (C=O) groups is 2. The van der Waals surface area contributed by atoms with Crippen LogP contribution in [0.25, 0.3) is 0 Å². The van der Waals surface area contributed by atoms with Crippen molar-refractivity contribution in [3.8, 4) is 0 Å². The maximum atomic E-state index is 12.0. The van der Waals surface area contributed by atoms with Crippen molar-refractivity contribution < 1.29 is 33.3 Å². The number of fused-ring (bicyclic) bond motifs is 1. The average molecular weight is 465 g/mol. The van der Waals surface area contributed by atoms with Gasteiger partial charge < -0.3 is 23.7 Å². The number of thioether (sulfide) groups is 1. The van der Waals surface area contributed by atoms with Crippen LogP contribution in [0.3, 0.4) is 0 Å². The summed E-state index contributed by atoms with van der Waals surface area (Å²) in [6.07, 6.45) is -3.68. The monoisotopic (exact) mass is 464 g/mol. The second kappa shape index (κ2) is 10.8. The lowest BCUT2D eigenvalue weighted by Gasteiger charge is -2.48. The Balaban J connectivity index is 1.87. The largest absolute Gasteiger partial charge is 0.454 e. The second-order valence-electron chi connectivity index (χ2n) is 6.35. The Hall–Kier alpha value is -1.03. The highest BCUT2D eigenvalue weighted by Crippen LogP contribution is 2.39. The van der Waals surface area contributed by atoms with Crippen LogP contribution in [0.5, 0.6) is 0 Å². The number of carbonyl (C=O) groups excluding carboxylic acids is 2. The molecule has 29 heavy (non-hydrogen) atoms. The van der Waals surface area contributed by atoms with E-state index in [1.807, 2.05) is 37.3 Å². The van der Waals surface area contributed by atoms with Crippen LogP contribution in [0.1, 0.15) is 18.8 Å². The minimum atomic E-state index is -0.911. The van der Waals surface area contributed by atoms with E-state index in [2.05, 4.69) is 0 Å². The lowest BCUT2D eigenvalue weighted by molar-refractivity contribution is -0.320. The van der Waals surface area contributed by atoms with Gasteiger partial charge in [-0.15, -0.1) is 35.0 Å². The number of alkyl halides is 2. The molecule has 2 heterocycles. The summed E-state index contributed by atoms with van der Waals surface area (Å²) in [5.74, 6) is -1.26. The van der Waals surface area contributed by atoms with Crippen LogP contribution < -0.4 is 0 Å². The Morgan fingerprint density at radius 1 is 1.07 bits per heavy atom. The van der Waals surface area contributed by atoms with Gasteiger partial charge in [-0.05, 0) is 5.75 Å². The molecule has 0 amide bonds. The van der Waals surface area contributed by atoms with E-state index in [0.717, 1.165) is 5.56 Å². The van der Waals surface area contributed by atoms with Crippen LogP contribution >= 0.6 is 35.0 Å². The third kappa shape index (κ3) is 5.57. The Bertz CT molecular complexity index is 692. The van der Waals surface area contributed by atoms with Gasteiger partial charge in [-0.1, -0.05) is 37.3 Å². The van der Waals surface area contributed by atoms with E-state index in [9.17, 15) is 9.59 Å². The second-order valence-corrected chi connectivity index (χ2v) is 8.26. The van der Waals surface area contributed by atoms with E-state index in [1.54, 1.807) is 0 Å². The van der Waals surface area contributed by atoms with E-state index in [-0.39, 0.29) is 18.4 Å². The van der Waals surface area contributed by atoms with Gasteiger partial charge in [0, 0.05) is 5.56 Å². The molecule has 0 saturated carbocycles. The van der Waals surface area contributed by atoms with Gasteiger partial charge in [-0.2, -0.15) is 0 Å². The standard InChI is InChI=1S/C19H22Cl2O7S/c1-2-29-19-17(27-14(23)9-21)16(26-13(22)8-20)15-12(25-19)10-24-18(28-15)11-6-4-3-5-7-11/h3-7,12,15-19H,2,8-10H2,1H3/t12-,15-,16+,17-,18-,19+/m1/s1. The summed E-state index contributed by atoms with van der Waals surface area (Å²) in [4.78, 5) is 23.9. The molecule has 2 saturated heterocycles. The zero-order chi connectivity index (χ0) is 20.8. The molecule has 1 aromatic carbocycles. The summed E-state index contributed by atoms with van der Waals surface area (Å²) in [6, 6.07) is 9.37. The number of benzene rings is 1. The van der Waals surface area contributed by atoms with Crippen molar-refractivity contribution in [3.05, 3.63) is 35.9 Å². The van der Waals surface area contributed by atoms with Crippen LogP contribution in [0, 0.1) is 0 Å². The molecule has 2 fully saturated rings. The molecule has 3 rings (SSSR count). The molecule has 0 aliphatic carbocycles. The highest BCUT2D eigenvalue weighted by Gasteiger charge is 2.53. The molecular weight excluding hydrogens is 443 g/mol. The Kier molecular flexibility index (Phi) is 8.46. The summed E-state index contributed by atoms with van der Waals surface area (Å²) >= 11 is 12.7. The van der Waals surface area contributed by atoms with Gasteiger partial charge in [0.15, 0.2) is 18.5 Å². The smallest absolute Gasteiger partial charge is 0.321 e. The highest BCUT2D eigenvalue weighted by atomic mass is 35.5. The van der Waals surface area contributed by atoms with Gasteiger partial charge in [-0.25, -0.2) is 0 Å². The molecule has 0 radical (unpaired) electrons. The maximum absolute atomic E-state index is 12.0. The lowest BCUT2D eigenvalue weighted by atomic mass is 9.98. The number of hydrogen-bond acceptors (Lipinski definition) is 8. The molecule has 2 aliphatic rings. The van der Waals surface area contributed by atoms with Crippen molar-refractivity contribution in [2.45, 2.75) is 43.1 Å². The quantitative estimate of drug-likeness (QED) is 0.450. The first-order valence-electron chi connectivity index (χ1n) is 9.17. The van der Waals surface area contributed by atoms with E-state index < -0.39 is 48.1 Å². The van der Waals surface area contributed by atoms with Crippen LogP contribution in [0.15, 0.2) is 30.3 Å². The molecule has 0 aromatic heterocycles. The SMILES string of the molecule is CCS[C@@H]1O[C@@H]2CO[C@@H](c3ccccc3)O[C@H]2[C@H](OC(=O)CCl)[C@H]1OC(=O)CCl. The first-order valence-corrected chi connectivity index (χ1v) is 11.3. The van der Waals surface area contributed by atoms with Gasteiger partial charge in [0.2, 0.25) is 0 Å². The van der Waals surface area contributed by atoms with Crippen molar-refractivity contribution >= 4 is 46.9 Å². The average Bonchev–Trinajstić information content (AvgIpc) is 2.76. The molecule has 0 bridgehead atoms. The summed E-state index contributed by atoms with van der Waals surface area (Å²) in [5.41, 5.74) is 0.245. The molecule has 0 spiro atoms. The summed E-state index contributed by atoms with van der Waals surface area (Å²) in [5, 5.41) is 0.